The van der Waals surface area contributed by atoms with Gasteiger partial charge < -0.3 is 10.2 Å². The third-order valence-electron chi connectivity index (χ3n) is 3.03. The second kappa shape index (κ2) is 8.73. The Morgan fingerprint density at radius 3 is 2.37 bits per heavy atom. The van der Waals surface area contributed by atoms with Crippen molar-refractivity contribution in [3.8, 4) is 0 Å². The fraction of sp³-hybridized carbons (Fsp3) is 0.400. The van der Waals surface area contributed by atoms with E-state index >= 15 is 0 Å². The molecule has 3 nitrogen and oxygen atoms in total. The molecule has 0 bridgehead atoms. The molecule has 2 atom stereocenters. The molecule has 1 aromatic rings. The number of carbonyl (C=O) groups is 1. The van der Waals surface area contributed by atoms with Crippen LogP contribution < -0.4 is 5.32 Å². The number of likely N-dealkylation sites (N-methyl/N-ethyl adjacent to an activating group) is 1. The van der Waals surface area contributed by atoms with E-state index in [0.717, 1.165) is 6.42 Å². The third-order valence-corrected chi connectivity index (χ3v) is 3.03. The summed E-state index contributed by atoms with van der Waals surface area (Å²) in [6, 6.07) is 10.5. The molecule has 4 heteroatoms. The van der Waals surface area contributed by atoms with Gasteiger partial charge in [0.2, 0.25) is 5.91 Å². The van der Waals surface area contributed by atoms with Crippen molar-refractivity contribution in [1.29, 1.82) is 0 Å². The molecule has 0 heterocycles. The second-order valence-electron chi connectivity index (χ2n) is 4.55. The van der Waals surface area contributed by atoms with Gasteiger partial charge >= 0.3 is 0 Å². The maximum Gasteiger partial charge on any atom is 0.243 e. The van der Waals surface area contributed by atoms with Gasteiger partial charge in [-0.3, -0.25) is 4.79 Å². The highest BCUT2D eigenvalue weighted by Crippen LogP contribution is 2.23. The van der Waals surface area contributed by atoms with Gasteiger partial charge in [-0.05, 0) is 32.2 Å². The first-order valence-corrected chi connectivity index (χ1v) is 6.24. The monoisotopic (exact) mass is 282 g/mol. The van der Waals surface area contributed by atoms with Crippen molar-refractivity contribution >= 4 is 18.3 Å². The first kappa shape index (κ1) is 17.7. The van der Waals surface area contributed by atoms with Gasteiger partial charge in [-0.2, -0.15) is 0 Å². The lowest BCUT2D eigenvalue weighted by atomic mass is 9.96. The predicted molar refractivity (Wildman–Crippen MR) is 82.5 cm³/mol. The Labute approximate surface area is 122 Å². The quantitative estimate of drug-likeness (QED) is 0.814. The lowest BCUT2D eigenvalue weighted by molar-refractivity contribution is -0.117. The van der Waals surface area contributed by atoms with Crippen molar-refractivity contribution in [3.05, 3.63) is 48.6 Å². The van der Waals surface area contributed by atoms with E-state index in [1.54, 1.807) is 0 Å². The molecule has 0 saturated heterocycles. The van der Waals surface area contributed by atoms with Crippen LogP contribution >= 0.6 is 12.4 Å². The Hall–Kier alpha value is -1.32. The highest BCUT2D eigenvalue weighted by Gasteiger charge is 2.24. The summed E-state index contributed by atoms with van der Waals surface area (Å²) in [7, 11) is 4.06. The van der Waals surface area contributed by atoms with Crippen molar-refractivity contribution in [2.45, 2.75) is 25.4 Å². The summed E-state index contributed by atoms with van der Waals surface area (Å²) in [5.41, 5.74) is 1.21. The van der Waals surface area contributed by atoms with Gasteiger partial charge in [0.15, 0.2) is 0 Å². The Kier molecular flexibility index (Phi) is 8.12. The van der Waals surface area contributed by atoms with Gasteiger partial charge in [-0.1, -0.05) is 43.8 Å². The van der Waals surface area contributed by atoms with E-state index in [9.17, 15) is 4.79 Å². The van der Waals surface area contributed by atoms with Gasteiger partial charge in [0.05, 0.1) is 6.04 Å². The highest BCUT2D eigenvalue weighted by molar-refractivity contribution is 5.87. The molecule has 0 aliphatic heterocycles. The molecular formula is C15H23ClN2O. The minimum atomic E-state index is -0.121. The van der Waals surface area contributed by atoms with Gasteiger partial charge in [-0.25, -0.2) is 0 Å². The minimum absolute atomic E-state index is 0. The van der Waals surface area contributed by atoms with Crippen molar-refractivity contribution < 1.29 is 4.79 Å². The summed E-state index contributed by atoms with van der Waals surface area (Å²) in [4.78, 5) is 13.6. The summed E-state index contributed by atoms with van der Waals surface area (Å²) in [6.07, 6.45) is 2.19. The summed E-state index contributed by atoms with van der Waals surface area (Å²) >= 11 is 0. The van der Waals surface area contributed by atoms with Gasteiger partial charge in [-0.15, -0.1) is 12.4 Å². The van der Waals surface area contributed by atoms with E-state index < -0.39 is 0 Å². The maximum absolute atomic E-state index is 11.5. The van der Waals surface area contributed by atoms with Crippen LogP contribution in [0.1, 0.15) is 24.9 Å². The molecule has 1 amide bonds. The number of carbonyl (C=O) groups excluding carboxylic acids is 1. The molecule has 0 aliphatic carbocycles. The number of hydrogen-bond acceptors (Lipinski definition) is 2. The minimum Gasteiger partial charge on any atom is -0.348 e. The van der Waals surface area contributed by atoms with Crippen LogP contribution in [0.25, 0.3) is 0 Å². The Morgan fingerprint density at radius 1 is 1.37 bits per heavy atom. The maximum atomic E-state index is 11.5. The second-order valence-corrected chi connectivity index (χ2v) is 4.55. The summed E-state index contributed by atoms with van der Waals surface area (Å²) in [5.74, 6) is -0.121. The predicted octanol–water partition coefficient (Wildman–Crippen LogP) is 2.79. The number of amides is 1. The van der Waals surface area contributed by atoms with Crippen molar-refractivity contribution in [2.24, 2.45) is 0 Å². The molecule has 0 spiro atoms. The van der Waals surface area contributed by atoms with Crippen LogP contribution in [-0.4, -0.2) is 30.9 Å². The van der Waals surface area contributed by atoms with E-state index in [1.165, 1.54) is 11.6 Å². The number of nitrogens with zero attached hydrogens (tertiary/aromatic N) is 1. The summed E-state index contributed by atoms with van der Waals surface area (Å²) in [5, 5.41) is 3.00. The normalized spacial score (nSPS) is 13.3. The van der Waals surface area contributed by atoms with Crippen molar-refractivity contribution in [2.75, 3.05) is 14.1 Å². The first-order chi connectivity index (χ1) is 8.60. The van der Waals surface area contributed by atoms with Crippen LogP contribution in [0.4, 0.5) is 0 Å². The van der Waals surface area contributed by atoms with E-state index in [1.807, 2.05) is 32.3 Å². The topological polar surface area (TPSA) is 32.3 Å². The van der Waals surface area contributed by atoms with Gasteiger partial charge in [0.1, 0.15) is 0 Å². The third kappa shape index (κ3) is 5.05. The van der Waals surface area contributed by atoms with Gasteiger partial charge in [0, 0.05) is 6.04 Å². The molecule has 0 radical (unpaired) electrons. The Bertz CT molecular complexity index is 392. The zero-order chi connectivity index (χ0) is 13.5. The summed E-state index contributed by atoms with van der Waals surface area (Å²) in [6.45, 7) is 5.58. The fourth-order valence-electron chi connectivity index (χ4n) is 2.19. The van der Waals surface area contributed by atoms with Crippen molar-refractivity contribution in [3.63, 3.8) is 0 Å². The zero-order valence-electron chi connectivity index (χ0n) is 11.8. The standard InChI is InChI=1S/C15H22N2O.ClH/c1-5-13(16-14(18)6-2)15(17(3)4)12-10-8-7-9-11-12;/h6-11,13,15H,2,5H2,1,3-4H3,(H,16,18);1H. The molecule has 0 fully saturated rings. The van der Waals surface area contributed by atoms with Crippen LogP contribution in [0.5, 0.6) is 0 Å². The summed E-state index contributed by atoms with van der Waals surface area (Å²) < 4.78 is 0. The highest BCUT2D eigenvalue weighted by atomic mass is 35.5. The van der Waals surface area contributed by atoms with E-state index in [4.69, 9.17) is 0 Å². The largest absolute Gasteiger partial charge is 0.348 e. The fourth-order valence-corrected chi connectivity index (χ4v) is 2.19. The molecule has 0 saturated carbocycles. The lowest BCUT2D eigenvalue weighted by Gasteiger charge is -2.32. The Balaban J connectivity index is 0.00000324. The number of benzene rings is 1. The molecule has 0 aromatic heterocycles. The molecule has 2 unspecified atom stereocenters. The number of rotatable bonds is 6. The zero-order valence-corrected chi connectivity index (χ0v) is 12.6. The van der Waals surface area contributed by atoms with Crippen LogP contribution in [0.15, 0.2) is 43.0 Å². The first-order valence-electron chi connectivity index (χ1n) is 6.24. The average molecular weight is 283 g/mol. The lowest BCUT2D eigenvalue weighted by Crippen LogP contribution is -2.43. The molecule has 0 aliphatic rings. The van der Waals surface area contributed by atoms with E-state index in [-0.39, 0.29) is 30.4 Å². The van der Waals surface area contributed by atoms with Crippen LogP contribution in [0.2, 0.25) is 0 Å². The van der Waals surface area contributed by atoms with E-state index in [0.29, 0.717) is 0 Å². The number of halogens is 1. The molecule has 1 aromatic carbocycles. The molecule has 1 rings (SSSR count). The van der Waals surface area contributed by atoms with Crippen LogP contribution in [0, 0.1) is 0 Å². The molecular weight excluding hydrogens is 260 g/mol. The number of hydrogen-bond donors (Lipinski definition) is 1. The average Bonchev–Trinajstić information content (AvgIpc) is 2.38. The smallest absolute Gasteiger partial charge is 0.243 e. The Morgan fingerprint density at radius 2 is 1.95 bits per heavy atom. The number of nitrogens with one attached hydrogen (secondary N) is 1. The van der Waals surface area contributed by atoms with E-state index in [2.05, 4.69) is 35.9 Å². The SMILES string of the molecule is C=CC(=O)NC(CC)C(c1ccccc1)N(C)C.Cl. The van der Waals surface area contributed by atoms with Gasteiger partial charge in [0.25, 0.3) is 0 Å². The molecule has 106 valence electrons. The van der Waals surface area contributed by atoms with Crippen molar-refractivity contribution in [1.82, 2.24) is 10.2 Å². The molecule has 19 heavy (non-hydrogen) atoms. The van der Waals surface area contributed by atoms with Crippen LogP contribution in [-0.2, 0) is 4.79 Å². The van der Waals surface area contributed by atoms with Crippen LogP contribution in [0.3, 0.4) is 0 Å². The molecule has 1 N–H and O–H groups in total.